The molecule has 128 valence electrons. The van der Waals surface area contributed by atoms with Gasteiger partial charge in [0.25, 0.3) is 5.91 Å². The van der Waals surface area contributed by atoms with Crippen molar-refractivity contribution < 1.29 is 4.79 Å². The van der Waals surface area contributed by atoms with Crippen LogP contribution in [0.15, 0.2) is 35.5 Å². The number of fused-ring (bicyclic) bond motifs is 1. The Bertz CT molecular complexity index is 1030. The molecule has 0 fully saturated rings. The van der Waals surface area contributed by atoms with Crippen molar-refractivity contribution in [2.45, 2.75) is 39.8 Å². The molecule has 25 heavy (non-hydrogen) atoms. The lowest BCUT2D eigenvalue weighted by atomic mass is 10.0. The van der Waals surface area contributed by atoms with E-state index in [-0.39, 0.29) is 5.91 Å². The minimum atomic E-state index is -0.305. The number of nitrogens with zero attached hydrogens (tertiary/aromatic N) is 4. The first-order chi connectivity index (χ1) is 12.0. The fraction of sp³-hybridized carbons (Fsp3) is 0.316. The molecule has 0 unspecified atom stereocenters. The van der Waals surface area contributed by atoms with Crippen molar-refractivity contribution in [2.75, 3.05) is 0 Å². The van der Waals surface area contributed by atoms with Gasteiger partial charge in [-0.3, -0.25) is 9.48 Å². The highest BCUT2D eigenvalue weighted by atomic mass is 32.1. The predicted molar refractivity (Wildman–Crippen MR) is 101 cm³/mol. The molecule has 5 nitrogen and oxygen atoms in total. The standard InChI is InChI=1S/C19H20N4OS/c1-5-11-22-15-8-7-14(13(3)4)12-17(15)25-19(22)21-18(24)16-9-10-20-23(16)6-2/h1,7-10,12-13H,6,11H2,2-4H3. The summed E-state index contributed by atoms with van der Waals surface area (Å²) in [5.41, 5.74) is 2.74. The number of amides is 1. The molecule has 3 rings (SSSR count). The third-order valence-electron chi connectivity index (χ3n) is 4.06. The minimum Gasteiger partial charge on any atom is -0.305 e. The molecule has 1 aromatic carbocycles. The summed E-state index contributed by atoms with van der Waals surface area (Å²) in [7, 11) is 0. The van der Waals surface area contributed by atoms with Crippen molar-refractivity contribution >= 4 is 27.5 Å². The number of carbonyl (C=O) groups excluding carboxylic acids is 1. The van der Waals surface area contributed by atoms with Gasteiger partial charge < -0.3 is 4.57 Å². The number of hydrogen-bond donors (Lipinski definition) is 0. The van der Waals surface area contributed by atoms with Gasteiger partial charge in [0, 0.05) is 12.7 Å². The van der Waals surface area contributed by atoms with Gasteiger partial charge in [0.2, 0.25) is 0 Å². The van der Waals surface area contributed by atoms with Crippen molar-refractivity contribution in [3.63, 3.8) is 0 Å². The Labute approximate surface area is 150 Å². The Kier molecular flexibility index (Phi) is 4.86. The average molecular weight is 352 g/mol. The van der Waals surface area contributed by atoms with E-state index >= 15 is 0 Å². The SMILES string of the molecule is C#CCn1c(=NC(=O)c2ccnn2CC)sc2cc(C(C)C)ccc21. The second kappa shape index (κ2) is 7.08. The zero-order valence-corrected chi connectivity index (χ0v) is 15.4. The van der Waals surface area contributed by atoms with Crippen LogP contribution in [0.2, 0.25) is 0 Å². The van der Waals surface area contributed by atoms with Crippen LogP contribution < -0.4 is 4.80 Å². The summed E-state index contributed by atoms with van der Waals surface area (Å²) < 4.78 is 4.63. The van der Waals surface area contributed by atoms with E-state index in [0.717, 1.165) is 10.2 Å². The molecule has 0 saturated carbocycles. The lowest BCUT2D eigenvalue weighted by Gasteiger charge is -2.05. The quantitative estimate of drug-likeness (QED) is 0.676. The van der Waals surface area contributed by atoms with Gasteiger partial charge in [-0.15, -0.1) is 6.42 Å². The maximum Gasteiger partial charge on any atom is 0.297 e. The summed E-state index contributed by atoms with van der Waals surface area (Å²) in [5.74, 6) is 2.78. The lowest BCUT2D eigenvalue weighted by molar-refractivity contribution is 0.0987. The monoisotopic (exact) mass is 352 g/mol. The Morgan fingerprint density at radius 3 is 2.88 bits per heavy atom. The highest BCUT2D eigenvalue weighted by Gasteiger charge is 2.13. The van der Waals surface area contributed by atoms with Gasteiger partial charge in [-0.05, 0) is 36.6 Å². The number of aryl methyl sites for hydroxylation is 1. The Hall–Kier alpha value is -2.65. The molecule has 2 aromatic heterocycles. The Morgan fingerprint density at radius 2 is 2.20 bits per heavy atom. The zero-order chi connectivity index (χ0) is 18.0. The lowest BCUT2D eigenvalue weighted by Crippen LogP contribution is -2.18. The Balaban J connectivity index is 2.15. The number of thiazole rings is 1. The van der Waals surface area contributed by atoms with Gasteiger partial charge in [0.1, 0.15) is 5.69 Å². The van der Waals surface area contributed by atoms with Crippen LogP contribution in [0, 0.1) is 12.3 Å². The van der Waals surface area contributed by atoms with E-state index in [9.17, 15) is 4.79 Å². The third kappa shape index (κ3) is 3.28. The summed E-state index contributed by atoms with van der Waals surface area (Å²) in [4.78, 5) is 17.5. The fourth-order valence-corrected chi connectivity index (χ4v) is 3.76. The first-order valence-electron chi connectivity index (χ1n) is 8.22. The molecule has 0 N–H and O–H groups in total. The molecule has 0 spiro atoms. The average Bonchev–Trinajstić information content (AvgIpc) is 3.19. The predicted octanol–water partition coefficient (Wildman–Crippen LogP) is 3.42. The van der Waals surface area contributed by atoms with Crippen LogP contribution in [0.25, 0.3) is 10.2 Å². The van der Waals surface area contributed by atoms with E-state index < -0.39 is 0 Å². The van der Waals surface area contributed by atoms with Gasteiger partial charge in [0.15, 0.2) is 4.80 Å². The van der Waals surface area contributed by atoms with Crippen molar-refractivity contribution in [3.05, 3.63) is 46.5 Å². The maximum absolute atomic E-state index is 12.6. The molecule has 0 bridgehead atoms. The van der Waals surface area contributed by atoms with Crippen molar-refractivity contribution in [1.82, 2.24) is 14.3 Å². The second-order valence-electron chi connectivity index (χ2n) is 6.01. The fourth-order valence-electron chi connectivity index (χ4n) is 2.69. The first kappa shape index (κ1) is 17.2. The normalized spacial score (nSPS) is 12.0. The molecule has 0 aliphatic carbocycles. The van der Waals surface area contributed by atoms with Gasteiger partial charge in [0.05, 0.1) is 16.8 Å². The highest BCUT2D eigenvalue weighted by molar-refractivity contribution is 7.16. The van der Waals surface area contributed by atoms with Crippen LogP contribution in [0.4, 0.5) is 0 Å². The minimum absolute atomic E-state index is 0.305. The molecule has 0 atom stereocenters. The topological polar surface area (TPSA) is 52.2 Å². The van der Waals surface area contributed by atoms with Crippen LogP contribution in [0.5, 0.6) is 0 Å². The summed E-state index contributed by atoms with van der Waals surface area (Å²) in [6, 6.07) is 7.99. The van der Waals surface area contributed by atoms with Gasteiger partial charge >= 0.3 is 0 Å². The summed E-state index contributed by atoms with van der Waals surface area (Å²) in [6.45, 7) is 7.25. The molecule has 1 amide bonds. The van der Waals surface area contributed by atoms with Crippen LogP contribution in [-0.2, 0) is 13.1 Å². The number of benzene rings is 1. The Morgan fingerprint density at radius 1 is 1.40 bits per heavy atom. The van der Waals surface area contributed by atoms with Crippen molar-refractivity contribution in [2.24, 2.45) is 4.99 Å². The van der Waals surface area contributed by atoms with Crippen LogP contribution in [0.3, 0.4) is 0 Å². The van der Waals surface area contributed by atoms with E-state index in [1.807, 2.05) is 11.5 Å². The van der Waals surface area contributed by atoms with E-state index in [1.54, 1.807) is 16.9 Å². The number of hydrogen-bond acceptors (Lipinski definition) is 3. The first-order valence-corrected chi connectivity index (χ1v) is 9.04. The van der Waals surface area contributed by atoms with Gasteiger partial charge in [-0.1, -0.05) is 37.2 Å². The zero-order valence-electron chi connectivity index (χ0n) is 14.6. The van der Waals surface area contributed by atoms with E-state index in [4.69, 9.17) is 6.42 Å². The molecule has 0 aliphatic rings. The van der Waals surface area contributed by atoms with Crippen molar-refractivity contribution in [3.8, 4) is 12.3 Å². The summed E-state index contributed by atoms with van der Waals surface area (Å²) >= 11 is 1.48. The molecule has 0 saturated heterocycles. The molecule has 6 heteroatoms. The molecule has 3 aromatic rings. The molecule has 0 radical (unpaired) electrons. The molecular formula is C19H20N4OS. The maximum atomic E-state index is 12.6. The third-order valence-corrected chi connectivity index (χ3v) is 5.10. The van der Waals surface area contributed by atoms with Crippen LogP contribution in [0.1, 0.15) is 42.7 Å². The number of carbonyl (C=O) groups is 1. The van der Waals surface area contributed by atoms with Crippen molar-refractivity contribution in [1.29, 1.82) is 0 Å². The van der Waals surface area contributed by atoms with Crippen LogP contribution >= 0.6 is 11.3 Å². The van der Waals surface area contributed by atoms with E-state index in [0.29, 0.717) is 29.5 Å². The highest BCUT2D eigenvalue weighted by Crippen LogP contribution is 2.23. The number of terminal acetylenes is 1. The largest absolute Gasteiger partial charge is 0.305 e. The molecule has 2 heterocycles. The summed E-state index contributed by atoms with van der Waals surface area (Å²) in [5, 5.41) is 4.13. The van der Waals surface area contributed by atoms with Gasteiger partial charge in [-0.2, -0.15) is 10.1 Å². The van der Waals surface area contributed by atoms with E-state index in [1.165, 1.54) is 16.9 Å². The smallest absolute Gasteiger partial charge is 0.297 e. The van der Waals surface area contributed by atoms with Gasteiger partial charge in [-0.25, -0.2) is 0 Å². The number of rotatable bonds is 4. The van der Waals surface area contributed by atoms with Crippen LogP contribution in [-0.4, -0.2) is 20.3 Å². The number of aromatic nitrogens is 3. The summed E-state index contributed by atoms with van der Waals surface area (Å²) in [6.07, 6.45) is 7.13. The van der Waals surface area contributed by atoms with E-state index in [2.05, 4.69) is 48.1 Å². The second-order valence-corrected chi connectivity index (χ2v) is 7.02. The molecule has 0 aliphatic heterocycles. The molecular weight excluding hydrogens is 332 g/mol.